The minimum absolute atomic E-state index is 0.0445. The summed E-state index contributed by atoms with van der Waals surface area (Å²) in [6.45, 7) is 3.33. The van der Waals surface area contributed by atoms with E-state index in [9.17, 15) is 14.7 Å². The highest BCUT2D eigenvalue weighted by Gasteiger charge is 2.34. The van der Waals surface area contributed by atoms with Gasteiger partial charge in [0.05, 0.1) is 44.4 Å². The average Bonchev–Trinajstić information content (AvgIpc) is 2.77. The first-order valence-corrected chi connectivity index (χ1v) is 9.42. The minimum Gasteiger partial charge on any atom is -0.466 e. The zero-order chi connectivity index (χ0) is 21.0. The van der Waals surface area contributed by atoms with Crippen LogP contribution in [0.2, 0.25) is 0 Å². The van der Waals surface area contributed by atoms with Gasteiger partial charge in [-0.05, 0) is 24.7 Å². The Labute approximate surface area is 170 Å². The monoisotopic (exact) mass is 405 g/mol. The van der Waals surface area contributed by atoms with Gasteiger partial charge in [0.2, 0.25) is 0 Å². The number of methoxy groups -OCH3 is 2. The van der Waals surface area contributed by atoms with Crippen LogP contribution in [0.5, 0.6) is 0 Å². The van der Waals surface area contributed by atoms with Crippen LogP contribution < -0.4 is 9.80 Å². The molecule has 2 aliphatic rings. The predicted molar refractivity (Wildman–Crippen MR) is 106 cm³/mol. The van der Waals surface area contributed by atoms with Crippen LogP contribution >= 0.6 is 0 Å². The lowest BCUT2D eigenvalue weighted by atomic mass is 10.1. The summed E-state index contributed by atoms with van der Waals surface area (Å²) in [4.78, 5) is 31.0. The van der Waals surface area contributed by atoms with Crippen molar-refractivity contribution in [1.82, 2.24) is 4.90 Å². The zero-order valence-corrected chi connectivity index (χ0v) is 17.0. The summed E-state index contributed by atoms with van der Waals surface area (Å²) in [5.74, 6) is -1.29. The van der Waals surface area contributed by atoms with E-state index in [1.165, 1.54) is 14.2 Å². The van der Waals surface area contributed by atoms with Gasteiger partial charge in [0.25, 0.3) is 0 Å². The number of anilines is 2. The van der Waals surface area contributed by atoms with Crippen molar-refractivity contribution in [3.63, 3.8) is 0 Å². The molecule has 2 heterocycles. The Kier molecular flexibility index (Phi) is 6.73. The quantitative estimate of drug-likeness (QED) is 0.696. The maximum absolute atomic E-state index is 12.6. The first-order chi connectivity index (χ1) is 14.0. The number of aliphatic hydroxyl groups excluding tert-OH is 1. The number of esters is 2. The van der Waals surface area contributed by atoms with Crippen molar-refractivity contribution in [3.8, 4) is 0 Å². The molecule has 158 valence electrons. The van der Waals surface area contributed by atoms with Crippen LogP contribution in [0.3, 0.4) is 0 Å². The number of hydrogen-bond acceptors (Lipinski definition) is 9. The third-order valence-electron chi connectivity index (χ3n) is 5.19. The average molecular weight is 405 g/mol. The molecule has 0 aromatic heterocycles. The van der Waals surface area contributed by atoms with E-state index < -0.39 is 11.9 Å². The zero-order valence-electron chi connectivity index (χ0n) is 17.0. The number of ether oxygens (including phenoxy) is 3. The van der Waals surface area contributed by atoms with Gasteiger partial charge in [0, 0.05) is 26.2 Å². The van der Waals surface area contributed by atoms with Crippen molar-refractivity contribution in [2.75, 3.05) is 70.6 Å². The molecular weight excluding hydrogens is 378 g/mol. The van der Waals surface area contributed by atoms with Crippen LogP contribution in [0.1, 0.15) is 5.56 Å². The molecule has 0 atom stereocenters. The van der Waals surface area contributed by atoms with Crippen molar-refractivity contribution in [2.24, 2.45) is 0 Å². The number of carbonyl (C=O) groups is 2. The number of rotatable bonds is 5. The van der Waals surface area contributed by atoms with Crippen molar-refractivity contribution >= 4 is 23.3 Å². The predicted octanol–water partition coefficient (Wildman–Crippen LogP) is 0.325. The molecule has 0 unspecified atom stereocenters. The molecule has 0 amide bonds. The summed E-state index contributed by atoms with van der Waals surface area (Å²) >= 11 is 0. The van der Waals surface area contributed by atoms with E-state index in [1.807, 2.05) is 12.1 Å². The van der Waals surface area contributed by atoms with E-state index >= 15 is 0 Å². The molecule has 0 aliphatic carbocycles. The van der Waals surface area contributed by atoms with E-state index in [0.29, 0.717) is 11.3 Å². The fraction of sp³-hybridized carbons (Fsp3) is 0.500. The Hall–Kier alpha value is -2.62. The Morgan fingerprint density at radius 1 is 1.07 bits per heavy atom. The van der Waals surface area contributed by atoms with Crippen LogP contribution in [-0.2, 0) is 30.4 Å². The number of hydrogen-bond donors (Lipinski definition) is 1. The minimum atomic E-state index is -0.646. The van der Waals surface area contributed by atoms with E-state index in [-0.39, 0.29) is 31.2 Å². The highest BCUT2D eigenvalue weighted by atomic mass is 16.5. The lowest BCUT2D eigenvalue weighted by Crippen LogP contribution is -2.45. The van der Waals surface area contributed by atoms with Crippen molar-refractivity contribution in [1.29, 1.82) is 0 Å². The summed E-state index contributed by atoms with van der Waals surface area (Å²) in [5.41, 5.74) is 2.45. The first kappa shape index (κ1) is 21.1. The lowest BCUT2D eigenvalue weighted by molar-refractivity contribution is -0.140. The summed E-state index contributed by atoms with van der Waals surface area (Å²) in [5, 5.41) is 9.65. The van der Waals surface area contributed by atoms with Crippen LogP contribution in [0.4, 0.5) is 11.4 Å². The Bertz CT molecular complexity index is 801. The molecule has 0 radical (unpaired) electrons. The molecule has 0 spiro atoms. The highest BCUT2D eigenvalue weighted by molar-refractivity contribution is 6.04. The third-order valence-corrected chi connectivity index (χ3v) is 5.19. The van der Waals surface area contributed by atoms with Crippen LogP contribution in [0.15, 0.2) is 29.5 Å². The van der Waals surface area contributed by atoms with Crippen LogP contribution in [-0.4, -0.2) is 82.7 Å². The number of carbonyl (C=O) groups excluding carboxylic acids is 2. The molecule has 2 aliphatic heterocycles. The molecule has 1 aromatic rings. The molecule has 1 saturated heterocycles. The molecule has 1 N–H and O–H groups in total. The molecule has 0 bridgehead atoms. The molecular formula is C20H27N3O6. The third kappa shape index (κ3) is 4.36. The number of likely N-dealkylation sites (N-methyl/N-ethyl adjacent to an activating group) is 1. The van der Waals surface area contributed by atoms with E-state index in [0.717, 1.165) is 31.9 Å². The summed E-state index contributed by atoms with van der Waals surface area (Å²) in [6.07, 6.45) is 0. The maximum atomic E-state index is 12.6. The number of benzene rings is 1. The standard InChI is InChI=1S/C20H27N3O6/c1-21-6-8-22(9-7-21)16-5-4-14(11-24)10-17(16)23-13-29-12-15(19(25)27-2)18(23)20(26)28-3/h4-5,10,24H,6-9,11-13H2,1-3H3. The lowest BCUT2D eigenvalue weighted by Gasteiger charge is -2.38. The van der Waals surface area contributed by atoms with E-state index in [4.69, 9.17) is 14.2 Å². The van der Waals surface area contributed by atoms with Crippen molar-refractivity contribution < 1.29 is 28.9 Å². The second-order valence-corrected chi connectivity index (χ2v) is 6.99. The Morgan fingerprint density at radius 2 is 1.76 bits per heavy atom. The van der Waals surface area contributed by atoms with Gasteiger partial charge < -0.3 is 34.0 Å². The van der Waals surface area contributed by atoms with Gasteiger partial charge in [0.15, 0.2) is 0 Å². The molecule has 3 rings (SSSR count). The van der Waals surface area contributed by atoms with Gasteiger partial charge in [0.1, 0.15) is 12.4 Å². The molecule has 1 aromatic carbocycles. The van der Waals surface area contributed by atoms with Gasteiger partial charge in [-0.1, -0.05) is 6.07 Å². The number of piperazine rings is 1. The number of aliphatic hydroxyl groups is 1. The summed E-state index contributed by atoms with van der Waals surface area (Å²) in [6, 6.07) is 5.58. The smallest absolute Gasteiger partial charge is 0.355 e. The van der Waals surface area contributed by atoms with E-state index in [1.54, 1.807) is 11.0 Å². The van der Waals surface area contributed by atoms with Crippen molar-refractivity contribution in [3.05, 3.63) is 35.0 Å². The molecule has 29 heavy (non-hydrogen) atoms. The number of nitrogens with zero attached hydrogens (tertiary/aromatic N) is 3. The highest BCUT2D eigenvalue weighted by Crippen LogP contribution is 2.36. The summed E-state index contributed by atoms with van der Waals surface area (Å²) in [7, 11) is 4.60. The second-order valence-electron chi connectivity index (χ2n) is 6.99. The fourth-order valence-corrected chi connectivity index (χ4v) is 3.53. The Morgan fingerprint density at radius 3 is 2.38 bits per heavy atom. The van der Waals surface area contributed by atoms with Crippen molar-refractivity contribution in [2.45, 2.75) is 6.61 Å². The van der Waals surface area contributed by atoms with Gasteiger partial charge >= 0.3 is 11.9 Å². The van der Waals surface area contributed by atoms with Gasteiger partial charge in [-0.3, -0.25) is 0 Å². The van der Waals surface area contributed by atoms with Crippen LogP contribution in [0.25, 0.3) is 0 Å². The Balaban J connectivity index is 2.11. The largest absolute Gasteiger partial charge is 0.466 e. The fourth-order valence-electron chi connectivity index (χ4n) is 3.53. The van der Waals surface area contributed by atoms with Gasteiger partial charge in [-0.2, -0.15) is 0 Å². The molecule has 9 nitrogen and oxygen atoms in total. The topological polar surface area (TPSA) is 91.8 Å². The summed E-state index contributed by atoms with van der Waals surface area (Å²) < 4.78 is 15.4. The normalized spacial score (nSPS) is 18.1. The molecule has 0 saturated carbocycles. The van der Waals surface area contributed by atoms with Crippen LogP contribution in [0, 0.1) is 0 Å². The second kappa shape index (κ2) is 9.25. The first-order valence-electron chi connectivity index (χ1n) is 9.42. The van der Waals surface area contributed by atoms with E-state index in [2.05, 4.69) is 16.8 Å². The molecule has 1 fully saturated rings. The van der Waals surface area contributed by atoms with Gasteiger partial charge in [-0.25, -0.2) is 9.59 Å². The maximum Gasteiger partial charge on any atom is 0.355 e. The SMILES string of the molecule is COC(=O)C1=C(C(=O)OC)N(c2cc(CO)ccc2N2CCN(C)CC2)COC1. The molecule has 9 heteroatoms. The van der Waals surface area contributed by atoms with Gasteiger partial charge in [-0.15, -0.1) is 0 Å².